The average molecular weight is 476 g/mol. The van der Waals surface area contributed by atoms with Crippen molar-refractivity contribution in [2.75, 3.05) is 19.3 Å². The van der Waals surface area contributed by atoms with Crippen molar-refractivity contribution in [2.24, 2.45) is 0 Å². The topological polar surface area (TPSA) is 127 Å². The number of hydrogen-bond acceptors (Lipinski definition) is 7. The number of carboxylic acid groups (broad SMARTS) is 1. The van der Waals surface area contributed by atoms with Crippen LogP contribution in [0.4, 0.5) is 14.5 Å². The Morgan fingerprint density at radius 3 is 2.42 bits per heavy atom. The highest BCUT2D eigenvalue weighted by molar-refractivity contribution is 7.99. The molecule has 2 aromatic rings. The third-order valence-electron chi connectivity index (χ3n) is 4.04. The first kappa shape index (κ1) is 24.5. The standard InChI is InChI=1S/C18H18F2N2O7S2/c1-11(18(23)24)29-17-13(19)9-12(10-14(17)20)30-8-7-21(2)31(27,28)16-6-4-3-5-15(16)22(25)26/h3-6,9-11H,7-8H2,1-2H3,(H,23,24). The first-order chi connectivity index (χ1) is 14.4. The van der Waals surface area contributed by atoms with Gasteiger partial charge in [-0.05, 0) is 25.1 Å². The number of benzene rings is 2. The van der Waals surface area contributed by atoms with Gasteiger partial charge >= 0.3 is 5.97 Å². The van der Waals surface area contributed by atoms with Crippen molar-refractivity contribution in [2.45, 2.75) is 22.8 Å². The molecule has 0 bridgehead atoms. The summed E-state index contributed by atoms with van der Waals surface area (Å²) in [6.45, 7) is 1.02. The minimum atomic E-state index is -4.16. The zero-order chi connectivity index (χ0) is 23.3. The van der Waals surface area contributed by atoms with Crippen LogP contribution in [0, 0.1) is 21.7 Å². The first-order valence-corrected chi connectivity index (χ1v) is 11.1. The predicted molar refractivity (Wildman–Crippen MR) is 108 cm³/mol. The summed E-state index contributed by atoms with van der Waals surface area (Å²) in [6.07, 6.45) is -1.46. The van der Waals surface area contributed by atoms with Gasteiger partial charge in [0.2, 0.25) is 10.0 Å². The third kappa shape index (κ3) is 5.89. The van der Waals surface area contributed by atoms with Gasteiger partial charge in [0.1, 0.15) is 0 Å². The number of thioether (sulfide) groups is 1. The number of para-hydroxylation sites is 1. The number of halogens is 2. The van der Waals surface area contributed by atoms with E-state index in [0.717, 1.165) is 47.3 Å². The Kier molecular flexibility index (Phi) is 7.92. The molecule has 0 aromatic heterocycles. The molecular weight excluding hydrogens is 458 g/mol. The minimum absolute atomic E-state index is 0.0843. The fraction of sp³-hybridized carbons (Fsp3) is 0.278. The molecule has 1 N–H and O–H groups in total. The zero-order valence-corrected chi connectivity index (χ0v) is 18.0. The maximum Gasteiger partial charge on any atom is 0.344 e. The van der Waals surface area contributed by atoms with Crippen molar-refractivity contribution >= 4 is 33.4 Å². The number of carbonyl (C=O) groups is 1. The quantitative estimate of drug-likeness (QED) is 0.315. The molecule has 0 fully saturated rings. The molecule has 0 saturated heterocycles. The van der Waals surface area contributed by atoms with Crippen LogP contribution in [0.5, 0.6) is 5.75 Å². The fourth-order valence-electron chi connectivity index (χ4n) is 2.37. The molecule has 0 aliphatic rings. The van der Waals surface area contributed by atoms with E-state index in [-0.39, 0.29) is 17.2 Å². The van der Waals surface area contributed by atoms with E-state index in [1.807, 2.05) is 0 Å². The second kappa shape index (κ2) is 10.0. The van der Waals surface area contributed by atoms with Gasteiger partial charge < -0.3 is 9.84 Å². The molecule has 2 aromatic carbocycles. The van der Waals surface area contributed by atoms with Crippen LogP contribution in [0.2, 0.25) is 0 Å². The van der Waals surface area contributed by atoms with E-state index in [1.54, 1.807) is 0 Å². The summed E-state index contributed by atoms with van der Waals surface area (Å²) >= 11 is 0.941. The zero-order valence-electron chi connectivity index (χ0n) is 16.3. The molecule has 0 saturated carbocycles. The van der Waals surface area contributed by atoms with Crippen molar-refractivity contribution < 1.29 is 36.8 Å². The summed E-state index contributed by atoms with van der Waals surface area (Å²) in [4.78, 5) is 20.7. The van der Waals surface area contributed by atoms with Crippen molar-refractivity contribution in [3.8, 4) is 5.75 Å². The second-order valence-electron chi connectivity index (χ2n) is 6.21. The molecule has 0 heterocycles. The van der Waals surface area contributed by atoms with E-state index in [4.69, 9.17) is 9.84 Å². The Hall–Kier alpha value is -2.77. The van der Waals surface area contributed by atoms with Gasteiger partial charge in [0.25, 0.3) is 5.69 Å². The molecule has 0 amide bonds. The van der Waals surface area contributed by atoms with Gasteiger partial charge in [-0.2, -0.15) is 4.31 Å². The molecule has 13 heteroatoms. The number of rotatable bonds is 10. The van der Waals surface area contributed by atoms with Gasteiger partial charge in [-0.15, -0.1) is 11.8 Å². The van der Waals surface area contributed by atoms with E-state index >= 15 is 0 Å². The first-order valence-electron chi connectivity index (χ1n) is 8.66. The minimum Gasteiger partial charge on any atom is -0.479 e. The highest BCUT2D eigenvalue weighted by atomic mass is 32.2. The Morgan fingerprint density at radius 2 is 1.87 bits per heavy atom. The lowest BCUT2D eigenvalue weighted by molar-refractivity contribution is -0.387. The van der Waals surface area contributed by atoms with Crippen molar-refractivity contribution in [1.82, 2.24) is 4.31 Å². The number of aliphatic carboxylic acids is 1. The third-order valence-corrected chi connectivity index (χ3v) is 6.90. The molecule has 2 rings (SSSR count). The second-order valence-corrected chi connectivity index (χ2v) is 9.40. The van der Waals surface area contributed by atoms with Crippen LogP contribution in [0.3, 0.4) is 0 Å². The number of nitrogens with zero attached hydrogens (tertiary/aromatic N) is 2. The largest absolute Gasteiger partial charge is 0.479 e. The van der Waals surface area contributed by atoms with Crippen molar-refractivity contribution in [3.05, 3.63) is 58.1 Å². The number of nitro groups is 1. The number of hydrogen-bond donors (Lipinski definition) is 1. The number of nitro benzene ring substituents is 1. The van der Waals surface area contributed by atoms with E-state index in [2.05, 4.69) is 0 Å². The fourth-order valence-corrected chi connectivity index (χ4v) is 4.78. The monoisotopic (exact) mass is 476 g/mol. The van der Waals surface area contributed by atoms with Gasteiger partial charge in [-0.3, -0.25) is 10.1 Å². The van der Waals surface area contributed by atoms with Crippen molar-refractivity contribution in [3.63, 3.8) is 0 Å². The van der Waals surface area contributed by atoms with E-state index in [9.17, 15) is 32.1 Å². The summed E-state index contributed by atoms with van der Waals surface area (Å²) in [6, 6.07) is 6.79. The number of ether oxygens (including phenoxy) is 1. The van der Waals surface area contributed by atoms with Crippen LogP contribution in [0.1, 0.15) is 6.92 Å². The Bertz CT molecular complexity index is 1070. The highest BCUT2D eigenvalue weighted by Gasteiger charge is 2.29. The molecule has 31 heavy (non-hydrogen) atoms. The van der Waals surface area contributed by atoms with Crippen LogP contribution < -0.4 is 4.74 Å². The van der Waals surface area contributed by atoms with Crippen LogP contribution in [0.25, 0.3) is 0 Å². The molecular formula is C18H18F2N2O7S2. The van der Waals surface area contributed by atoms with Crippen molar-refractivity contribution in [1.29, 1.82) is 0 Å². The molecule has 0 aliphatic heterocycles. The lowest BCUT2D eigenvalue weighted by Gasteiger charge is -2.17. The van der Waals surface area contributed by atoms with Gasteiger partial charge in [-0.25, -0.2) is 22.0 Å². The molecule has 0 radical (unpaired) electrons. The SMILES string of the molecule is CC(Oc1c(F)cc(SCCN(C)S(=O)(=O)c2ccccc2[N+](=O)[O-])cc1F)C(=O)O. The Balaban J connectivity index is 2.08. The van der Waals surface area contributed by atoms with Crippen LogP contribution in [0.15, 0.2) is 46.2 Å². The van der Waals surface area contributed by atoms with Gasteiger partial charge in [0, 0.05) is 30.3 Å². The van der Waals surface area contributed by atoms with E-state index < -0.39 is 55.0 Å². The van der Waals surface area contributed by atoms with Crippen LogP contribution in [-0.4, -0.2) is 54.2 Å². The van der Waals surface area contributed by atoms with Crippen LogP contribution >= 0.6 is 11.8 Å². The highest BCUT2D eigenvalue weighted by Crippen LogP contribution is 2.30. The number of carboxylic acids is 1. The van der Waals surface area contributed by atoms with E-state index in [0.29, 0.717) is 0 Å². The maximum atomic E-state index is 14.1. The smallest absolute Gasteiger partial charge is 0.344 e. The van der Waals surface area contributed by atoms with Gasteiger partial charge in [0.05, 0.1) is 4.92 Å². The molecule has 168 valence electrons. The van der Waals surface area contributed by atoms with E-state index in [1.165, 1.54) is 19.2 Å². The molecule has 1 unspecified atom stereocenters. The van der Waals surface area contributed by atoms with Crippen LogP contribution in [-0.2, 0) is 14.8 Å². The van der Waals surface area contributed by atoms with Gasteiger partial charge in [0.15, 0.2) is 28.4 Å². The normalized spacial score (nSPS) is 12.5. The van der Waals surface area contributed by atoms with Gasteiger partial charge in [-0.1, -0.05) is 12.1 Å². The summed E-state index contributed by atoms with van der Waals surface area (Å²) < 4.78 is 59.2. The summed E-state index contributed by atoms with van der Waals surface area (Å²) in [7, 11) is -2.93. The lowest BCUT2D eigenvalue weighted by Crippen LogP contribution is -2.29. The summed E-state index contributed by atoms with van der Waals surface area (Å²) in [5.74, 6) is -4.33. The molecule has 0 spiro atoms. The molecule has 0 aliphatic carbocycles. The Labute approximate surface area is 180 Å². The molecule has 9 nitrogen and oxygen atoms in total. The summed E-state index contributed by atoms with van der Waals surface area (Å²) in [5.41, 5.74) is -0.558. The lowest BCUT2D eigenvalue weighted by atomic mass is 10.3. The average Bonchev–Trinajstić information content (AvgIpc) is 2.70. The molecule has 1 atom stereocenters. The summed E-state index contributed by atoms with van der Waals surface area (Å²) in [5, 5.41) is 19.9. The number of sulfonamides is 1. The predicted octanol–water partition coefficient (Wildman–Crippen LogP) is 3.14. The Morgan fingerprint density at radius 1 is 1.29 bits per heavy atom. The maximum absolute atomic E-state index is 14.1.